The Hall–Kier alpha value is -0.770. The van der Waals surface area contributed by atoms with Crippen molar-refractivity contribution in [1.82, 2.24) is 4.90 Å². The van der Waals surface area contributed by atoms with Gasteiger partial charge in [0.25, 0.3) is 0 Å². The Balaban J connectivity index is 2.33. The van der Waals surface area contributed by atoms with Crippen molar-refractivity contribution in [2.75, 3.05) is 26.3 Å². The van der Waals surface area contributed by atoms with Gasteiger partial charge < -0.3 is 14.7 Å². The number of rotatable bonds is 3. The van der Waals surface area contributed by atoms with Gasteiger partial charge in [-0.2, -0.15) is 0 Å². The molecule has 0 aromatic heterocycles. The molecule has 15 heavy (non-hydrogen) atoms. The fraction of sp³-hybridized carbons (Fsp3) is 0.909. The molecule has 1 aliphatic rings. The molecule has 4 heteroatoms. The van der Waals surface area contributed by atoms with E-state index >= 15 is 0 Å². The summed E-state index contributed by atoms with van der Waals surface area (Å²) in [6.07, 6.45) is 2.95. The number of piperidine rings is 1. The van der Waals surface area contributed by atoms with Crippen LogP contribution in [0, 0.1) is 5.41 Å². The monoisotopic (exact) mass is 215 g/mol. The number of carbonyl (C=O) groups excluding carboxylic acids is 1. The SMILES string of the molecule is CCC1(C)CCN(C(=O)OCCO)CC1. The second kappa shape index (κ2) is 5.35. The predicted octanol–water partition coefficient (Wildman–Crippen LogP) is 1.63. The van der Waals surface area contributed by atoms with Crippen molar-refractivity contribution in [3.8, 4) is 0 Å². The Labute approximate surface area is 91.2 Å². The summed E-state index contributed by atoms with van der Waals surface area (Å²) in [5, 5.41) is 8.54. The van der Waals surface area contributed by atoms with Crippen LogP contribution in [0.15, 0.2) is 0 Å². The van der Waals surface area contributed by atoms with E-state index in [0.717, 1.165) is 32.4 Å². The molecule has 1 aliphatic heterocycles. The quantitative estimate of drug-likeness (QED) is 0.778. The van der Waals surface area contributed by atoms with Gasteiger partial charge in [-0.05, 0) is 18.3 Å². The van der Waals surface area contributed by atoms with Gasteiger partial charge in [0.05, 0.1) is 6.61 Å². The van der Waals surface area contributed by atoms with Gasteiger partial charge in [-0.25, -0.2) is 4.79 Å². The summed E-state index contributed by atoms with van der Waals surface area (Å²) in [5.41, 5.74) is 0.383. The number of carbonyl (C=O) groups is 1. The van der Waals surface area contributed by atoms with Crippen LogP contribution >= 0.6 is 0 Å². The second-order valence-corrected chi connectivity index (χ2v) is 4.49. The molecule has 1 heterocycles. The molecule has 0 saturated carbocycles. The van der Waals surface area contributed by atoms with Crippen LogP contribution in [0.2, 0.25) is 0 Å². The van der Waals surface area contributed by atoms with Crippen LogP contribution in [0.5, 0.6) is 0 Å². The van der Waals surface area contributed by atoms with Gasteiger partial charge in [-0.3, -0.25) is 0 Å². The molecule has 1 N–H and O–H groups in total. The van der Waals surface area contributed by atoms with Gasteiger partial charge in [0.1, 0.15) is 6.61 Å². The van der Waals surface area contributed by atoms with Gasteiger partial charge in [0.2, 0.25) is 0 Å². The minimum absolute atomic E-state index is 0.0976. The van der Waals surface area contributed by atoms with Gasteiger partial charge in [0, 0.05) is 13.1 Å². The van der Waals surface area contributed by atoms with E-state index in [0.29, 0.717) is 5.41 Å². The van der Waals surface area contributed by atoms with Crippen molar-refractivity contribution in [3.63, 3.8) is 0 Å². The summed E-state index contributed by atoms with van der Waals surface area (Å²) in [4.78, 5) is 13.2. The zero-order valence-electron chi connectivity index (χ0n) is 9.66. The van der Waals surface area contributed by atoms with Gasteiger partial charge in [-0.15, -0.1) is 0 Å². The molecule has 0 aliphatic carbocycles. The first kappa shape index (κ1) is 12.3. The van der Waals surface area contributed by atoms with E-state index in [4.69, 9.17) is 9.84 Å². The number of likely N-dealkylation sites (tertiary alicyclic amines) is 1. The van der Waals surface area contributed by atoms with Gasteiger partial charge in [0.15, 0.2) is 0 Å². The van der Waals surface area contributed by atoms with Crippen LogP contribution in [-0.2, 0) is 4.74 Å². The minimum atomic E-state index is -0.290. The van der Waals surface area contributed by atoms with Gasteiger partial charge in [-0.1, -0.05) is 20.3 Å². The topological polar surface area (TPSA) is 49.8 Å². The zero-order chi connectivity index (χ0) is 11.3. The number of aliphatic hydroxyl groups is 1. The largest absolute Gasteiger partial charge is 0.447 e. The standard InChI is InChI=1S/C11H21NO3/c1-3-11(2)4-6-12(7-5-11)10(14)15-9-8-13/h13H,3-9H2,1-2H3. The van der Waals surface area contributed by atoms with Crippen LogP contribution in [0.4, 0.5) is 4.79 Å². The Morgan fingerprint density at radius 3 is 2.53 bits per heavy atom. The van der Waals surface area contributed by atoms with Crippen LogP contribution in [0.3, 0.4) is 0 Å². The summed E-state index contributed by atoms with van der Waals surface area (Å²) in [6, 6.07) is 0. The summed E-state index contributed by atoms with van der Waals surface area (Å²) < 4.78 is 4.87. The predicted molar refractivity (Wildman–Crippen MR) is 57.6 cm³/mol. The lowest BCUT2D eigenvalue weighted by atomic mass is 9.78. The zero-order valence-corrected chi connectivity index (χ0v) is 9.66. The first-order valence-electron chi connectivity index (χ1n) is 5.64. The van der Waals surface area contributed by atoms with Crippen molar-refractivity contribution >= 4 is 6.09 Å². The second-order valence-electron chi connectivity index (χ2n) is 4.49. The van der Waals surface area contributed by atoms with E-state index in [1.807, 2.05) is 0 Å². The molecule has 0 aromatic carbocycles. The number of hydrogen-bond acceptors (Lipinski definition) is 3. The Bertz CT molecular complexity index is 210. The molecule has 1 rings (SSSR count). The highest BCUT2D eigenvalue weighted by molar-refractivity contribution is 5.67. The normalized spacial score (nSPS) is 20.1. The molecular weight excluding hydrogens is 194 g/mol. The molecule has 0 radical (unpaired) electrons. The van der Waals surface area contributed by atoms with E-state index in [1.54, 1.807) is 4.90 Å². The lowest BCUT2D eigenvalue weighted by molar-refractivity contribution is 0.0587. The van der Waals surface area contributed by atoms with Crippen LogP contribution < -0.4 is 0 Å². The maximum absolute atomic E-state index is 11.4. The number of aliphatic hydroxyl groups excluding tert-OH is 1. The number of ether oxygens (including phenoxy) is 1. The average molecular weight is 215 g/mol. The fourth-order valence-corrected chi connectivity index (χ4v) is 1.81. The van der Waals surface area contributed by atoms with E-state index in [-0.39, 0.29) is 19.3 Å². The number of amides is 1. The first-order chi connectivity index (χ1) is 7.11. The lowest BCUT2D eigenvalue weighted by Gasteiger charge is -2.38. The van der Waals surface area contributed by atoms with E-state index < -0.39 is 0 Å². The van der Waals surface area contributed by atoms with Gasteiger partial charge >= 0.3 is 6.09 Å². The molecule has 1 fully saturated rings. The molecule has 0 spiro atoms. The fourth-order valence-electron chi connectivity index (χ4n) is 1.81. The highest BCUT2D eigenvalue weighted by Crippen LogP contribution is 2.33. The first-order valence-corrected chi connectivity index (χ1v) is 5.64. The molecule has 0 aromatic rings. The Kier molecular flexibility index (Phi) is 4.39. The van der Waals surface area contributed by atoms with Crippen molar-refractivity contribution in [2.45, 2.75) is 33.1 Å². The van der Waals surface area contributed by atoms with Crippen molar-refractivity contribution in [2.24, 2.45) is 5.41 Å². The van der Waals surface area contributed by atoms with E-state index in [1.165, 1.54) is 0 Å². The van der Waals surface area contributed by atoms with Crippen LogP contribution in [0.1, 0.15) is 33.1 Å². The summed E-state index contributed by atoms with van der Waals surface area (Å²) in [6.45, 7) is 6.00. The maximum atomic E-state index is 11.4. The lowest BCUT2D eigenvalue weighted by Crippen LogP contribution is -2.42. The Morgan fingerprint density at radius 2 is 2.07 bits per heavy atom. The molecular formula is C11H21NO3. The molecule has 1 saturated heterocycles. The summed E-state index contributed by atoms with van der Waals surface area (Å²) in [5.74, 6) is 0. The smallest absolute Gasteiger partial charge is 0.409 e. The summed E-state index contributed by atoms with van der Waals surface area (Å²) in [7, 11) is 0. The molecule has 0 atom stereocenters. The van der Waals surface area contributed by atoms with Crippen LogP contribution in [-0.4, -0.2) is 42.4 Å². The van der Waals surface area contributed by atoms with Crippen molar-refractivity contribution in [1.29, 1.82) is 0 Å². The highest BCUT2D eigenvalue weighted by Gasteiger charge is 2.30. The minimum Gasteiger partial charge on any atom is -0.447 e. The van der Waals surface area contributed by atoms with E-state index in [2.05, 4.69) is 13.8 Å². The molecule has 0 unspecified atom stereocenters. The highest BCUT2D eigenvalue weighted by atomic mass is 16.6. The van der Waals surface area contributed by atoms with E-state index in [9.17, 15) is 4.79 Å². The molecule has 4 nitrogen and oxygen atoms in total. The third kappa shape index (κ3) is 3.38. The third-order valence-corrected chi connectivity index (χ3v) is 3.40. The Morgan fingerprint density at radius 1 is 1.47 bits per heavy atom. The van der Waals surface area contributed by atoms with Crippen molar-refractivity contribution < 1.29 is 14.6 Å². The maximum Gasteiger partial charge on any atom is 0.409 e. The van der Waals surface area contributed by atoms with Crippen LogP contribution in [0.25, 0.3) is 0 Å². The molecule has 88 valence electrons. The van der Waals surface area contributed by atoms with Crippen molar-refractivity contribution in [3.05, 3.63) is 0 Å². The summed E-state index contributed by atoms with van der Waals surface area (Å²) >= 11 is 0. The third-order valence-electron chi connectivity index (χ3n) is 3.40. The molecule has 1 amide bonds. The average Bonchev–Trinajstić information content (AvgIpc) is 2.27. The molecule has 0 bridgehead atoms. The number of hydrogen-bond donors (Lipinski definition) is 1. The number of nitrogens with zero attached hydrogens (tertiary/aromatic N) is 1.